The van der Waals surface area contributed by atoms with E-state index in [-0.39, 0.29) is 30.6 Å². The first-order valence-corrected chi connectivity index (χ1v) is 11.5. The molecule has 0 bridgehead atoms. The Bertz CT molecular complexity index is 1130. The van der Waals surface area contributed by atoms with Gasteiger partial charge in [-0.05, 0) is 55.0 Å². The minimum absolute atomic E-state index is 0.0423. The maximum Gasteiger partial charge on any atom is 0.243 e. The van der Waals surface area contributed by atoms with Gasteiger partial charge in [-0.1, -0.05) is 5.16 Å². The quantitative estimate of drug-likeness (QED) is 0.501. The maximum atomic E-state index is 13.1. The van der Waals surface area contributed by atoms with Crippen molar-refractivity contribution in [3.05, 3.63) is 60.2 Å². The fraction of sp³-hybridized carbons (Fsp3) is 0.360. The first kappa shape index (κ1) is 24.3. The Kier molecular flexibility index (Phi) is 8.04. The van der Waals surface area contributed by atoms with Crippen molar-refractivity contribution in [1.29, 1.82) is 0 Å². The lowest BCUT2D eigenvalue weighted by atomic mass is 10.2. The number of likely N-dealkylation sites (N-methyl/N-ethyl adjacent to an activating group) is 1. The smallest absolute Gasteiger partial charge is 0.243 e. The van der Waals surface area contributed by atoms with Crippen molar-refractivity contribution >= 4 is 23.2 Å². The number of benzene rings is 2. The van der Waals surface area contributed by atoms with Crippen LogP contribution in [0.5, 0.6) is 0 Å². The predicted molar refractivity (Wildman–Crippen MR) is 128 cm³/mol. The van der Waals surface area contributed by atoms with E-state index in [2.05, 4.69) is 20.4 Å². The van der Waals surface area contributed by atoms with Crippen molar-refractivity contribution in [3.8, 4) is 11.4 Å². The van der Waals surface area contributed by atoms with Crippen LogP contribution in [0.25, 0.3) is 11.4 Å². The molecule has 35 heavy (non-hydrogen) atoms. The number of rotatable bonds is 9. The predicted octanol–water partition coefficient (Wildman–Crippen LogP) is 3.13. The summed E-state index contributed by atoms with van der Waals surface area (Å²) in [6, 6.07) is 13.5. The zero-order valence-electron chi connectivity index (χ0n) is 19.6. The normalized spacial score (nSPS) is 13.5. The third kappa shape index (κ3) is 6.86. The van der Waals surface area contributed by atoms with E-state index in [1.54, 1.807) is 19.2 Å². The van der Waals surface area contributed by atoms with Crippen molar-refractivity contribution in [2.45, 2.75) is 19.3 Å². The van der Waals surface area contributed by atoms with Crippen molar-refractivity contribution in [2.75, 3.05) is 50.1 Å². The van der Waals surface area contributed by atoms with Crippen LogP contribution >= 0.6 is 0 Å². The first-order chi connectivity index (χ1) is 17.0. The van der Waals surface area contributed by atoms with E-state index in [1.807, 2.05) is 24.3 Å². The third-order valence-electron chi connectivity index (χ3n) is 5.69. The van der Waals surface area contributed by atoms with Crippen LogP contribution in [0.15, 0.2) is 53.1 Å². The number of aromatic nitrogens is 2. The molecule has 9 nitrogen and oxygen atoms in total. The van der Waals surface area contributed by atoms with Crippen molar-refractivity contribution in [1.82, 2.24) is 15.0 Å². The van der Waals surface area contributed by atoms with Gasteiger partial charge in [0.2, 0.25) is 23.5 Å². The monoisotopic (exact) mass is 481 g/mol. The standard InChI is InChI=1S/C25H28FN5O4/c1-30(17-22(32)27-20-9-11-21(12-10-20)31-13-15-34-16-14-31)24(33)4-2-3-23-28-25(29-35-23)18-5-7-19(26)8-6-18/h5-12H,2-4,13-17H2,1H3,(H,27,32). The van der Waals surface area contributed by atoms with Gasteiger partial charge >= 0.3 is 0 Å². The van der Waals surface area contributed by atoms with E-state index in [9.17, 15) is 14.0 Å². The second-order valence-corrected chi connectivity index (χ2v) is 8.32. The summed E-state index contributed by atoms with van der Waals surface area (Å²) in [5, 5.41) is 6.72. The second-order valence-electron chi connectivity index (χ2n) is 8.32. The van der Waals surface area contributed by atoms with Gasteiger partial charge in [-0.15, -0.1) is 0 Å². The molecule has 1 aliphatic rings. The highest BCUT2D eigenvalue weighted by Crippen LogP contribution is 2.19. The van der Waals surface area contributed by atoms with Crippen LogP contribution in [0.4, 0.5) is 15.8 Å². The minimum Gasteiger partial charge on any atom is -0.378 e. The number of amides is 2. The van der Waals surface area contributed by atoms with Crippen molar-refractivity contribution < 1.29 is 23.2 Å². The van der Waals surface area contributed by atoms with Gasteiger partial charge in [0.05, 0.1) is 19.8 Å². The SMILES string of the molecule is CN(CC(=O)Nc1ccc(N2CCOCC2)cc1)C(=O)CCCc1nc(-c2ccc(F)cc2)no1. The lowest BCUT2D eigenvalue weighted by molar-refractivity contribution is -0.133. The Hall–Kier alpha value is -3.79. The number of anilines is 2. The Morgan fingerprint density at radius 1 is 1.09 bits per heavy atom. The van der Waals surface area contributed by atoms with Crippen LogP contribution in [0.3, 0.4) is 0 Å². The molecule has 2 aromatic carbocycles. The second kappa shape index (κ2) is 11.6. The van der Waals surface area contributed by atoms with Crippen LogP contribution in [0.1, 0.15) is 18.7 Å². The van der Waals surface area contributed by atoms with Gasteiger partial charge in [0, 0.05) is 49.9 Å². The van der Waals surface area contributed by atoms with Gasteiger partial charge in [-0.3, -0.25) is 9.59 Å². The van der Waals surface area contributed by atoms with Crippen LogP contribution in [0.2, 0.25) is 0 Å². The summed E-state index contributed by atoms with van der Waals surface area (Å²) in [5.41, 5.74) is 2.42. The zero-order chi connectivity index (χ0) is 24.6. The Balaban J connectivity index is 1.18. The number of hydrogen-bond acceptors (Lipinski definition) is 7. The molecule has 4 rings (SSSR count). The molecule has 3 aromatic rings. The van der Waals surface area contributed by atoms with E-state index in [1.165, 1.54) is 17.0 Å². The lowest BCUT2D eigenvalue weighted by Crippen LogP contribution is -2.36. The molecule has 1 saturated heterocycles. The van der Waals surface area contributed by atoms with Gasteiger partial charge in [0.1, 0.15) is 5.82 Å². The highest BCUT2D eigenvalue weighted by molar-refractivity contribution is 5.94. The van der Waals surface area contributed by atoms with E-state index in [0.29, 0.717) is 49.0 Å². The molecule has 2 heterocycles. The summed E-state index contributed by atoms with van der Waals surface area (Å²) in [7, 11) is 1.60. The number of carbonyl (C=O) groups excluding carboxylic acids is 2. The van der Waals surface area contributed by atoms with Crippen LogP contribution in [-0.2, 0) is 20.7 Å². The van der Waals surface area contributed by atoms with E-state index in [4.69, 9.17) is 9.26 Å². The van der Waals surface area contributed by atoms with Gasteiger partial charge in [0.25, 0.3) is 0 Å². The molecule has 184 valence electrons. The largest absolute Gasteiger partial charge is 0.378 e. The molecule has 1 aliphatic heterocycles. The van der Waals surface area contributed by atoms with Gasteiger partial charge in [-0.2, -0.15) is 4.98 Å². The number of nitrogens with zero attached hydrogens (tertiary/aromatic N) is 4. The van der Waals surface area contributed by atoms with E-state index in [0.717, 1.165) is 18.8 Å². The molecule has 2 amide bonds. The minimum atomic E-state index is -0.338. The molecule has 10 heteroatoms. The average molecular weight is 482 g/mol. The number of halogens is 1. The molecule has 0 unspecified atom stereocenters. The zero-order valence-corrected chi connectivity index (χ0v) is 19.6. The summed E-state index contributed by atoms with van der Waals surface area (Å²) in [4.78, 5) is 32.7. The van der Waals surface area contributed by atoms with Gasteiger partial charge in [-0.25, -0.2) is 4.39 Å². The van der Waals surface area contributed by atoms with E-state index < -0.39 is 0 Å². The highest BCUT2D eigenvalue weighted by Gasteiger charge is 2.15. The molecule has 0 aliphatic carbocycles. The molecule has 1 aromatic heterocycles. The number of morpholine rings is 1. The summed E-state index contributed by atoms with van der Waals surface area (Å²) in [5.74, 6) is 0.0218. The average Bonchev–Trinajstić information content (AvgIpc) is 3.34. The molecule has 0 atom stereocenters. The number of carbonyl (C=O) groups is 2. The van der Waals surface area contributed by atoms with E-state index >= 15 is 0 Å². The Labute approximate surface area is 202 Å². The third-order valence-corrected chi connectivity index (χ3v) is 5.69. The number of hydrogen-bond donors (Lipinski definition) is 1. The summed E-state index contributed by atoms with van der Waals surface area (Å²) >= 11 is 0. The molecule has 1 N–H and O–H groups in total. The van der Waals surface area contributed by atoms with Gasteiger partial charge in [0.15, 0.2) is 0 Å². The van der Waals surface area contributed by atoms with Crippen LogP contribution < -0.4 is 10.2 Å². The summed E-state index contributed by atoms with van der Waals surface area (Å²) in [6.45, 7) is 3.08. The number of ether oxygens (including phenoxy) is 1. The lowest BCUT2D eigenvalue weighted by Gasteiger charge is -2.28. The summed E-state index contributed by atoms with van der Waals surface area (Å²) < 4.78 is 23.6. The topological polar surface area (TPSA) is 101 Å². The van der Waals surface area contributed by atoms with Crippen LogP contribution in [-0.4, -0.2) is 66.8 Å². The number of nitrogens with one attached hydrogen (secondary N) is 1. The fourth-order valence-corrected chi connectivity index (χ4v) is 3.74. The molecular weight excluding hydrogens is 453 g/mol. The highest BCUT2D eigenvalue weighted by atomic mass is 19.1. The molecule has 0 spiro atoms. The molecular formula is C25H28FN5O4. The van der Waals surface area contributed by atoms with Crippen molar-refractivity contribution in [2.24, 2.45) is 0 Å². The molecule has 0 saturated carbocycles. The Morgan fingerprint density at radius 3 is 2.51 bits per heavy atom. The fourth-order valence-electron chi connectivity index (χ4n) is 3.74. The van der Waals surface area contributed by atoms with Gasteiger partial charge < -0.3 is 24.4 Å². The molecule has 0 radical (unpaired) electrons. The first-order valence-electron chi connectivity index (χ1n) is 11.5. The van der Waals surface area contributed by atoms with Crippen LogP contribution in [0, 0.1) is 5.82 Å². The molecule has 1 fully saturated rings. The Morgan fingerprint density at radius 2 is 1.80 bits per heavy atom. The number of aryl methyl sites for hydroxylation is 1. The maximum absolute atomic E-state index is 13.1. The van der Waals surface area contributed by atoms with Crippen molar-refractivity contribution in [3.63, 3.8) is 0 Å². The summed E-state index contributed by atoms with van der Waals surface area (Å²) in [6.07, 6.45) is 1.17.